The maximum Gasteiger partial charge on any atom is 0.336 e. The van der Waals surface area contributed by atoms with Crippen molar-refractivity contribution < 1.29 is 47.7 Å². The van der Waals surface area contributed by atoms with Crippen LogP contribution in [-0.4, -0.2) is 121 Å². The lowest BCUT2D eigenvalue weighted by Crippen LogP contribution is -2.45. The van der Waals surface area contributed by atoms with Gasteiger partial charge in [0.05, 0.1) is 50.1 Å². The van der Waals surface area contributed by atoms with Crippen LogP contribution in [0.25, 0.3) is 33.4 Å². The van der Waals surface area contributed by atoms with E-state index < -0.39 is 17.9 Å². The fraction of sp³-hybridized carbons (Fsp3) is 0.556. The highest BCUT2D eigenvalue weighted by Crippen LogP contribution is 2.42. The molecular weight excluding hydrogens is 865 g/mol. The molecule has 4 rings (SSSR count). The van der Waals surface area contributed by atoms with Crippen molar-refractivity contribution in [3.05, 3.63) is 71.1 Å². The number of carbonyl (C=O) groups is 5. The van der Waals surface area contributed by atoms with Crippen LogP contribution in [0.15, 0.2) is 59.0 Å². The average Bonchev–Trinajstić information content (AvgIpc) is 3.30. The average molecular weight is 942 g/mol. The summed E-state index contributed by atoms with van der Waals surface area (Å²) in [5, 5.41) is 18.0. The Morgan fingerprint density at radius 3 is 2.00 bits per heavy atom. The number of carbonyl (C=O) groups excluding carboxylic acids is 4. The molecule has 0 unspecified atom stereocenters. The maximum absolute atomic E-state index is 13.5. The van der Waals surface area contributed by atoms with Gasteiger partial charge in [0.25, 0.3) is 0 Å². The molecule has 4 atom stereocenters. The molecule has 14 heteroatoms. The number of likely N-dealkylation sites (N-methyl/N-ethyl adjacent to an activating group) is 1. The molecule has 0 fully saturated rings. The summed E-state index contributed by atoms with van der Waals surface area (Å²) >= 11 is 0. The molecule has 68 heavy (non-hydrogen) atoms. The third-order valence-corrected chi connectivity index (χ3v) is 12.5. The standard InChI is InChI=1S/C54H76N4O10/c1-11-36(4)52(55-6)48(61)32-39(30-35(2)3)53(62)56-37(5)46(59)16-12-14-24-65-26-28-67-29-27-66-25-15-13-17-47(60)38-18-21-42(54(63)64)45(31-38)51-43-22-19-40(57(7)8)33-49(43)68-50-34-41(58(9)10)20-23-44(50)51/h18-23,31,33-37,39,52,55H,11-17,24-30,32H2,1-10H3,(H-,56,62,63,64)/p+1/t36-,37-,39+,52-/m0/s1. The lowest BCUT2D eigenvalue weighted by molar-refractivity contribution is -0.133. The smallest absolute Gasteiger partial charge is 0.336 e. The number of nitrogens with one attached hydrogen (secondary N) is 2. The zero-order valence-corrected chi connectivity index (χ0v) is 42.2. The van der Waals surface area contributed by atoms with Crippen LogP contribution >= 0.6 is 0 Å². The molecular formula is C54H77N4O10+. The van der Waals surface area contributed by atoms with E-state index in [2.05, 4.69) is 10.6 Å². The molecule has 2 aromatic carbocycles. The number of nitrogens with zero attached hydrogens (tertiary/aromatic N) is 2. The molecule has 3 N–H and O–H groups in total. The molecule has 2 aliphatic rings. The van der Waals surface area contributed by atoms with Crippen molar-refractivity contribution in [1.29, 1.82) is 0 Å². The number of aromatic carboxylic acids is 1. The summed E-state index contributed by atoms with van der Waals surface area (Å²) in [7, 11) is 9.56. The number of unbranched alkanes of at least 4 members (excludes halogenated alkanes) is 2. The molecule has 372 valence electrons. The Balaban J connectivity index is 1.14. The Hall–Kier alpha value is -5.28. The highest BCUT2D eigenvalue weighted by atomic mass is 16.5. The van der Waals surface area contributed by atoms with Gasteiger partial charge in [-0.15, -0.1) is 0 Å². The van der Waals surface area contributed by atoms with Gasteiger partial charge in [0, 0.05) is 92.4 Å². The summed E-state index contributed by atoms with van der Waals surface area (Å²) in [5.74, 6) is -0.888. The number of carboxylic acid groups (broad SMARTS) is 1. The van der Waals surface area contributed by atoms with Crippen molar-refractivity contribution in [2.24, 2.45) is 17.8 Å². The minimum absolute atomic E-state index is 0.0303. The van der Waals surface area contributed by atoms with Crippen LogP contribution < -0.4 is 25.5 Å². The normalized spacial score (nSPS) is 13.3. The van der Waals surface area contributed by atoms with Crippen molar-refractivity contribution in [1.82, 2.24) is 15.2 Å². The van der Waals surface area contributed by atoms with E-state index in [1.807, 2.05) is 102 Å². The predicted octanol–water partition coefficient (Wildman–Crippen LogP) is 7.90. The highest BCUT2D eigenvalue weighted by molar-refractivity contribution is 6.09. The first-order valence-electron chi connectivity index (χ1n) is 24.3. The first-order valence-corrected chi connectivity index (χ1v) is 24.3. The molecule has 0 bridgehead atoms. The summed E-state index contributed by atoms with van der Waals surface area (Å²) in [4.78, 5) is 67.2. The molecule has 1 heterocycles. The SMILES string of the molecule is CC[C@H](C)[C@H](NC)C(=O)C[C@@H](CC(C)C)C(=O)N[C@@H](C)C(=O)CCCCOCCOCCOCCCCC(=O)c1ccc(C(=O)O)c(-c2c3ccc(=[N+](C)C)cc-3oc3cc(N(C)C)ccc23)c1. The number of rotatable bonds is 31. The third-order valence-electron chi connectivity index (χ3n) is 12.5. The summed E-state index contributed by atoms with van der Waals surface area (Å²) in [6, 6.07) is 15.6. The Morgan fingerprint density at radius 2 is 1.41 bits per heavy atom. The quantitative estimate of drug-likeness (QED) is 0.0193. The topological polar surface area (TPSA) is 177 Å². The van der Waals surface area contributed by atoms with Gasteiger partial charge in [-0.2, -0.15) is 0 Å². The van der Waals surface area contributed by atoms with E-state index in [0.29, 0.717) is 106 Å². The first kappa shape index (κ1) is 55.3. The van der Waals surface area contributed by atoms with Crippen LogP contribution in [-0.2, 0) is 28.6 Å². The van der Waals surface area contributed by atoms with Crippen molar-refractivity contribution >= 4 is 45.9 Å². The van der Waals surface area contributed by atoms with Gasteiger partial charge in [-0.25, -0.2) is 9.37 Å². The Kier molecular flexibility index (Phi) is 22.5. The molecule has 0 aromatic heterocycles. The van der Waals surface area contributed by atoms with Crippen LogP contribution in [0.5, 0.6) is 0 Å². The minimum atomic E-state index is -1.08. The molecule has 2 aromatic rings. The number of hydrogen-bond acceptors (Lipinski definition) is 11. The number of benzene rings is 3. The zero-order chi connectivity index (χ0) is 49.9. The lowest BCUT2D eigenvalue weighted by atomic mass is 9.86. The van der Waals surface area contributed by atoms with Crippen LogP contribution in [0.2, 0.25) is 0 Å². The molecule has 1 aliphatic heterocycles. The van der Waals surface area contributed by atoms with E-state index in [1.54, 1.807) is 26.1 Å². The number of hydrogen-bond donors (Lipinski definition) is 3. The lowest BCUT2D eigenvalue weighted by Gasteiger charge is -2.25. The highest BCUT2D eigenvalue weighted by Gasteiger charge is 2.30. The molecule has 1 aliphatic carbocycles. The number of carboxylic acids is 1. The predicted molar refractivity (Wildman–Crippen MR) is 269 cm³/mol. The minimum Gasteiger partial charge on any atom is -0.478 e. The molecule has 0 saturated carbocycles. The molecule has 0 saturated heterocycles. The van der Waals surface area contributed by atoms with Crippen molar-refractivity contribution in [3.8, 4) is 22.5 Å². The van der Waals surface area contributed by atoms with Crippen LogP contribution in [0, 0.1) is 17.8 Å². The summed E-state index contributed by atoms with van der Waals surface area (Å²) in [6.07, 6.45) is 4.83. The van der Waals surface area contributed by atoms with E-state index in [1.165, 1.54) is 6.07 Å². The molecule has 0 spiro atoms. The fourth-order valence-electron chi connectivity index (χ4n) is 8.35. The molecule has 0 radical (unpaired) electrons. The van der Waals surface area contributed by atoms with Crippen molar-refractivity contribution in [3.63, 3.8) is 0 Å². The Bertz CT molecular complexity index is 2350. The number of fused-ring (bicyclic) bond motifs is 2. The van der Waals surface area contributed by atoms with Crippen LogP contribution in [0.3, 0.4) is 0 Å². The van der Waals surface area contributed by atoms with Gasteiger partial charge < -0.3 is 39.3 Å². The van der Waals surface area contributed by atoms with Gasteiger partial charge in [-0.3, -0.25) is 19.2 Å². The Morgan fingerprint density at radius 1 is 0.765 bits per heavy atom. The number of Topliss-reactive ketones (excluding diaryl/α,β-unsaturated/α-hetero) is 3. The van der Waals surface area contributed by atoms with E-state index in [9.17, 15) is 29.1 Å². The summed E-state index contributed by atoms with van der Waals surface area (Å²) < 4.78 is 25.5. The van der Waals surface area contributed by atoms with Gasteiger partial charge in [0.15, 0.2) is 17.3 Å². The third kappa shape index (κ3) is 16.2. The summed E-state index contributed by atoms with van der Waals surface area (Å²) in [6.45, 7) is 12.4. The largest absolute Gasteiger partial charge is 0.478 e. The second-order valence-electron chi connectivity index (χ2n) is 18.7. The number of amides is 1. The van der Waals surface area contributed by atoms with E-state index in [-0.39, 0.29) is 59.5 Å². The second kappa shape index (κ2) is 27.6. The monoisotopic (exact) mass is 942 g/mol. The van der Waals surface area contributed by atoms with Crippen LogP contribution in [0.4, 0.5) is 5.69 Å². The van der Waals surface area contributed by atoms with Gasteiger partial charge >= 0.3 is 5.97 Å². The van der Waals surface area contributed by atoms with Gasteiger partial charge in [-0.1, -0.05) is 40.2 Å². The van der Waals surface area contributed by atoms with Crippen LogP contribution in [0.1, 0.15) is 113 Å². The number of ketones is 3. The van der Waals surface area contributed by atoms with Crippen molar-refractivity contribution in [2.75, 3.05) is 79.8 Å². The molecule has 1 amide bonds. The zero-order valence-electron chi connectivity index (χ0n) is 42.2. The van der Waals surface area contributed by atoms with Gasteiger partial charge in [-0.05, 0) is 93.8 Å². The van der Waals surface area contributed by atoms with Crippen molar-refractivity contribution in [2.45, 2.75) is 104 Å². The van der Waals surface area contributed by atoms with E-state index in [4.69, 9.17) is 18.6 Å². The fourth-order valence-corrected chi connectivity index (χ4v) is 8.35. The number of anilines is 1. The van der Waals surface area contributed by atoms with Gasteiger partial charge in [0.1, 0.15) is 25.4 Å². The van der Waals surface area contributed by atoms with E-state index in [0.717, 1.165) is 28.4 Å². The molecule has 14 nitrogen and oxygen atoms in total. The Labute approximate surface area is 403 Å². The maximum atomic E-state index is 13.5. The first-order chi connectivity index (χ1) is 32.5. The number of ether oxygens (including phenoxy) is 3. The van der Waals surface area contributed by atoms with E-state index >= 15 is 0 Å². The van der Waals surface area contributed by atoms with Gasteiger partial charge in [0.2, 0.25) is 11.3 Å². The second-order valence-corrected chi connectivity index (χ2v) is 18.7. The summed E-state index contributed by atoms with van der Waals surface area (Å²) in [5.41, 5.74) is 3.98.